The highest BCUT2D eigenvalue weighted by atomic mass is 79.9. The highest BCUT2D eigenvalue weighted by molar-refractivity contribution is 9.10. The molecule has 216 valence electrons. The van der Waals surface area contributed by atoms with Crippen molar-refractivity contribution in [1.82, 2.24) is 10.7 Å². The van der Waals surface area contributed by atoms with Crippen molar-refractivity contribution in [3.63, 3.8) is 0 Å². The van der Waals surface area contributed by atoms with Crippen LogP contribution < -0.4 is 29.7 Å². The number of ether oxygens (including phenoxy) is 4. The van der Waals surface area contributed by atoms with E-state index >= 15 is 0 Å². The number of carbonyl (C=O) groups excluding carboxylic acids is 3. The largest absolute Gasteiger partial charge is 0.493 e. The summed E-state index contributed by atoms with van der Waals surface area (Å²) in [7, 11) is 1.44. The van der Waals surface area contributed by atoms with E-state index in [1.807, 2.05) is 0 Å². The van der Waals surface area contributed by atoms with Crippen LogP contribution in [0, 0.1) is 0 Å². The summed E-state index contributed by atoms with van der Waals surface area (Å²) in [6.07, 6.45) is 2.89. The fraction of sp³-hybridized carbons (Fsp3) is 0.0625. The second-order valence-corrected chi connectivity index (χ2v) is 9.91. The van der Waals surface area contributed by atoms with E-state index in [0.29, 0.717) is 39.5 Å². The van der Waals surface area contributed by atoms with E-state index in [1.54, 1.807) is 91.0 Å². The van der Waals surface area contributed by atoms with Gasteiger partial charge >= 0.3 is 5.97 Å². The Labute approximate surface area is 255 Å². The zero-order chi connectivity index (χ0) is 30.2. The van der Waals surface area contributed by atoms with E-state index in [-0.39, 0.29) is 18.2 Å². The van der Waals surface area contributed by atoms with Crippen molar-refractivity contribution >= 4 is 46.0 Å². The molecule has 0 saturated carbocycles. The number of nitrogens with zero attached hydrogens (tertiary/aromatic N) is 1. The molecule has 0 radical (unpaired) electrons. The fourth-order valence-electron chi connectivity index (χ4n) is 3.93. The molecular formula is C32H24BrN3O7. The van der Waals surface area contributed by atoms with Gasteiger partial charge in [0.05, 0.1) is 18.9 Å². The van der Waals surface area contributed by atoms with Gasteiger partial charge in [-0.3, -0.25) is 9.59 Å². The quantitative estimate of drug-likeness (QED) is 0.0832. The van der Waals surface area contributed by atoms with Gasteiger partial charge in [0.25, 0.3) is 11.8 Å². The van der Waals surface area contributed by atoms with Gasteiger partial charge < -0.3 is 24.3 Å². The van der Waals surface area contributed by atoms with Crippen LogP contribution in [0.15, 0.2) is 106 Å². The number of esters is 1. The maximum atomic E-state index is 13.1. The minimum Gasteiger partial charge on any atom is -0.493 e. The molecule has 11 heteroatoms. The molecule has 0 atom stereocenters. The van der Waals surface area contributed by atoms with Gasteiger partial charge in [0.15, 0.2) is 23.0 Å². The number of nitrogens with one attached hydrogen (secondary N) is 2. The summed E-state index contributed by atoms with van der Waals surface area (Å²) in [6.45, 7) is 0.106. The van der Waals surface area contributed by atoms with Gasteiger partial charge in [-0.05, 0) is 83.9 Å². The van der Waals surface area contributed by atoms with Crippen molar-refractivity contribution in [3.05, 3.63) is 123 Å². The van der Waals surface area contributed by atoms with Crippen molar-refractivity contribution in [2.45, 2.75) is 0 Å². The van der Waals surface area contributed by atoms with E-state index in [9.17, 15) is 14.4 Å². The molecule has 1 aliphatic heterocycles. The maximum Gasteiger partial charge on any atom is 0.343 e. The van der Waals surface area contributed by atoms with Crippen LogP contribution in [0.4, 0.5) is 0 Å². The summed E-state index contributed by atoms with van der Waals surface area (Å²) < 4.78 is 22.5. The lowest BCUT2D eigenvalue weighted by molar-refractivity contribution is -0.117. The lowest BCUT2D eigenvalue weighted by Gasteiger charge is -2.10. The molecule has 43 heavy (non-hydrogen) atoms. The van der Waals surface area contributed by atoms with Crippen LogP contribution in [0.1, 0.15) is 31.8 Å². The highest BCUT2D eigenvalue weighted by Crippen LogP contribution is 2.33. The fourth-order valence-corrected chi connectivity index (χ4v) is 4.20. The third kappa shape index (κ3) is 7.46. The number of amides is 2. The molecule has 0 aromatic heterocycles. The van der Waals surface area contributed by atoms with Crippen molar-refractivity contribution in [3.8, 4) is 23.0 Å². The Morgan fingerprint density at radius 3 is 2.35 bits per heavy atom. The minimum atomic E-state index is -0.662. The predicted molar refractivity (Wildman–Crippen MR) is 162 cm³/mol. The molecule has 0 bridgehead atoms. The molecule has 4 aromatic carbocycles. The first-order valence-electron chi connectivity index (χ1n) is 12.9. The van der Waals surface area contributed by atoms with Crippen LogP contribution >= 0.6 is 15.9 Å². The molecule has 2 amide bonds. The van der Waals surface area contributed by atoms with E-state index in [0.717, 1.165) is 4.47 Å². The molecule has 0 unspecified atom stereocenters. The Bertz CT molecular complexity index is 1720. The summed E-state index contributed by atoms with van der Waals surface area (Å²) in [4.78, 5) is 38.5. The number of hydrazone groups is 1. The lowest BCUT2D eigenvalue weighted by atomic mass is 10.1. The first kappa shape index (κ1) is 29.1. The summed E-state index contributed by atoms with van der Waals surface area (Å²) in [5.41, 5.74) is 4.30. The Morgan fingerprint density at radius 2 is 1.58 bits per heavy atom. The number of halogens is 1. The molecule has 1 aliphatic rings. The molecule has 1 heterocycles. The average Bonchev–Trinajstić information content (AvgIpc) is 3.50. The van der Waals surface area contributed by atoms with Gasteiger partial charge in [-0.25, -0.2) is 10.2 Å². The second kappa shape index (κ2) is 13.5. The number of carbonyl (C=O) groups is 3. The standard InChI is InChI=1S/C32H24BrN3O7/c1-40-28-17-21(8-14-27(28)43-32(39)23-9-11-24(33)12-10-23)18-34-36-31(38)25(35-30(37)22-5-3-2-4-6-22)15-20-7-13-26-29(16-20)42-19-41-26/h2-18H,19H2,1H3,(H,35,37)(H,36,38)/b25-15+,34-18-. The Kier molecular flexibility index (Phi) is 9.13. The van der Waals surface area contributed by atoms with Gasteiger partial charge in [0.1, 0.15) is 5.70 Å². The second-order valence-electron chi connectivity index (χ2n) is 9.00. The van der Waals surface area contributed by atoms with Gasteiger partial charge in [0.2, 0.25) is 6.79 Å². The van der Waals surface area contributed by atoms with Crippen LogP contribution in [0.5, 0.6) is 23.0 Å². The summed E-state index contributed by atoms with van der Waals surface area (Å²) >= 11 is 3.33. The predicted octanol–water partition coefficient (Wildman–Crippen LogP) is 5.33. The first-order chi connectivity index (χ1) is 20.9. The summed E-state index contributed by atoms with van der Waals surface area (Å²) in [6, 6.07) is 25.2. The molecule has 2 N–H and O–H groups in total. The van der Waals surface area contributed by atoms with E-state index in [4.69, 9.17) is 18.9 Å². The van der Waals surface area contributed by atoms with Crippen LogP contribution in [0.25, 0.3) is 6.08 Å². The first-order valence-corrected chi connectivity index (χ1v) is 13.7. The Balaban J connectivity index is 1.30. The SMILES string of the molecule is COc1cc(/C=N\NC(=O)/C(=C\c2ccc3c(c2)OCO3)NC(=O)c2ccccc2)ccc1OC(=O)c1ccc(Br)cc1. The summed E-state index contributed by atoms with van der Waals surface area (Å²) in [5.74, 6) is -0.0476. The normalized spacial score (nSPS) is 12.1. The zero-order valence-electron chi connectivity index (χ0n) is 22.7. The van der Waals surface area contributed by atoms with E-state index in [1.165, 1.54) is 19.4 Å². The molecular weight excluding hydrogens is 618 g/mol. The summed E-state index contributed by atoms with van der Waals surface area (Å²) in [5, 5.41) is 6.69. The molecule has 10 nitrogen and oxygen atoms in total. The maximum absolute atomic E-state index is 13.1. The van der Waals surface area contributed by atoms with Crippen molar-refractivity contribution in [1.29, 1.82) is 0 Å². The van der Waals surface area contributed by atoms with Gasteiger partial charge in [-0.15, -0.1) is 0 Å². The van der Waals surface area contributed by atoms with Crippen LogP contribution in [-0.4, -0.2) is 37.9 Å². The molecule has 4 aromatic rings. The van der Waals surface area contributed by atoms with Gasteiger partial charge in [-0.1, -0.05) is 40.2 Å². The van der Waals surface area contributed by atoms with Gasteiger partial charge in [0, 0.05) is 10.0 Å². The van der Waals surface area contributed by atoms with Crippen molar-refractivity contribution in [2.24, 2.45) is 5.10 Å². The molecule has 0 aliphatic carbocycles. The van der Waals surface area contributed by atoms with Crippen molar-refractivity contribution in [2.75, 3.05) is 13.9 Å². The number of benzene rings is 4. The number of methoxy groups -OCH3 is 1. The van der Waals surface area contributed by atoms with Gasteiger partial charge in [-0.2, -0.15) is 5.10 Å². The molecule has 0 spiro atoms. The van der Waals surface area contributed by atoms with E-state index < -0.39 is 17.8 Å². The van der Waals surface area contributed by atoms with Crippen LogP contribution in [0.2, 0.25) is 0 Å². The average molecular weight is 642 g/mol. The third-order valence-corrected chi connectivity index (χ3v) is 6.62. The Morgan fingerprint density at radius 1 is 0.837 bits per heavy atom. The third-order valence-electron chi connectivity index (χ3n) is 6.09. The van der Waals surface area contributed by atoms with Crippen molar-refractivity contribution < 1.29 is 33.3 Å². The number of hydrogen-bond acceptors (Lipinski definition) is 8. The monoisotopic (exact) mass is 641 g/mol. The molecule has 5 rings (SSSR count). The number of rotatable bonds is 9. The Hall–Kier alpha value is -5.42. The zero-order valence-corrected chi connectivity index (χ0v) is 24.3. The minimum absolute atomic E-state index is 0.0438. The smallest absolute Gasteiger partial charge is 0.343 e. The van der Waals surface area contributed by atoms with Crippen LogP contribution in [0.3, 0.4) is 0 Å². The lowest BCUT2D eigenvalue weighted by Crippen LogP contribution is -2.32. The highest BCUT2D eigenvalue weighted by Gasteiger charge is 2.17. The van der Waals surface area contributed by atoms with Crippen LogP contribution in [-0.2, 0) is 4.79 Å². The van der Waals surface area contributed by atoms with E-state index in [2.05, 4.69) is 31.8 Å². The number of fused-ring (bicyclic) bond motifs is 1. The molecule has 0 fully saturated rings. The molecule has 0 saturated heterocycles. The topological polar surface area (TPSA) is 125 Å². The number of hydrogen-bond donors (Lipinski definition) is 2.